The highest BCUT2D eigenvalue weighted by atomic mass is 16.3. The molecule has 1 unspecified atom stereocenters. The molecular weight excluding hydrogens is 362 g/mol. The van der Waals surface area contributed by atoms with Crippen LogP contribution in [0.15, 0.2) is 90.5 Å². The number of aryl methyl sites for hydroxylation is 1. The summed E-state index contributed by atoms with van der Waals surface area (Å²) in [7, 11) is 0. The molecule has 3 aromatic carbocycles. The molecule has 1 atom stereocenters. The van der Waals surface area contributed by atoms with Crippen molar-refractivity contribution < 1.29 is 14.7 Å². The van der Waals surface area contributed by atoms with Crippen molar-refractivity contribution in [2.24, 2.45) is 0 Å². The molecule has 0 radical (unpaired) electrons. The molecule has 1 saturated heterocycles. The third kappa shape index (κ3) is 3.34. The highest BCUT2D eigenvalue weighted by molar-refractivity contribution is 6.51. The van der Waals surface area contributed by atoms with Crippen molar-refractivity contribution >= 4 is 23.1 Å². The Morgan fingerprint density at radius 3 is 2.03 bits per heavy atom. The topological polar surface area (TPSA) is 57.6 Å². The third-order valence-corrected chi connectivity index (χ3v) is 5.23. The van der Waals surface area contributed by atoms with Crippen LogP contribution in [0, 0.1) is 0 Å². The molecule has 144 valence electrons. The minimum absolute atomic E-state index is 0.104. The maximum atomic E-state index is 13.0. The van der Waals surface area contributed by atoms with Crippen LogP contribution in [-0.4, -0.2) is 16.8 Å². The number of Topliss-reactive ketones (excluding diaryl/α,β-unsaturated/α-hetero) is 1. The van der Waals surface area contributed by atoms with E-state index in [1.807, 2.05) is 60.7 Å². The van der Waals surface area contributed by atoms with E-state index in [1.54, 1.807) is 24.3 Å². The summed E-state index contributed by atoms with van der Waals surface area (Å²) in [6.45, 7) is 2.06. The second-order valence-electron chi connectivity index (χ2n) is 6.97. The van der Waals surface area contributed by atoms with Gasteiger partial charge in [-0.1, -0.05) is 79.7 Å². The molecule has 29 heavy (non-hydrogen) atoms. The minimum atomic E-state index is -0.691. The van der Waals surface area contributed by atoms with Gasteiger partial charge in [-0.25, -0.2) is 0 Å². The molecule has 1 N–H and O–H groups in total. The van der Waals surface area contributed by atoms with E-state index < -0.39 is 17.7 Å². The third-order valence-electron chi connectivity index (χ3n) is 5.23. The zero-order valence-electron chi connectivity index (χ0n) is 16.1. The molecule has 1 fully saturated rings. The Morgan fingerprint density at radius 2 is 1.45 bits per heavy atom. The lowest BCUT2D eigenvalue weighted by Crippen LogP contribution is -2.29. The van der Waals surface area contributed by atoms with E-state index in [0.29, 0.717) is 11.3 Å². The van der Waals surface area contributed by atoms with Crippen LogP contribution in [0.25, 0.3) is 5.76 Å². The standard InChI is InChI=1S/C25H21NO3/c1-2-17-13-15-20(16-14-17)26-22(18-9-5-3-6-10-18)21(24(28)25(26)29)23(27)19-11-7-4-8-12-19/h3-16,22,27H,2H2,1H3/b23-21+. The molecule has 1 heterocycles. The molecule has 1 amide bonds. The molecule has 0 aromatic heterocycles. The molecular formula is C25H21NO3. The fourth-order valence-corrected chi connectivity index (χ4v) is 3.69. The lowest BCUT2D eigenvalue weighted by Gasteiger charge is -2.25. The molecule has 0 spiro atoms. The molecule has 4 nitrogen and oxygen atoms in total. The Kier molecular flexibility index (Phi) is 5.00. The van der Waals surface area contributed by atoms with E-state index in [-0.39, 0.29) is 11.3 Å². The number of anilines is 1. The van der Waals surface area contributed by atoms with E-state index in [9.17, 15) is 14.7 Å². The van der Waals surface area contributed by atoms with Crippen molar-refractivity contribution in [3.05, 3.63) is 107 Å². The number of aliphatic hydroxyl groups excluding tert-OH is 1. The summed E-state index contributed by atoms with van der Waals surface area (Å²) in [5, 5.41) is 11.0. The molecule has 0 bridgehead atoms. The van der Waals surface area contributed by atoms with Gasteiger partial charge in [-0.3, -0.25) is 14.5 Å². The summed E-state index contributed by atoms with van der Waals surface area (Å²) in [6.07, 6.45) is 0.884. The van der Waals surface area contributed by atoms with Gasteiger partial charge >= 0.3 is 0 Å². The number of hydrogen-bond acceptors (Lipinski definition) is 3. The predicted octanol–water partition coefficient (Wildman–Crippen LogP) is 4.88. The Bertz CT molecular complexity index is 1070. The van der Waals surface area contributed by atoms with E-state index in [0.717, 1.165) is 17.5 Å². The van der Waals surface area contributed by atoms with E-state index in [1.165, 1.54) is 4.90 Å². The van der Waals surface area contributed by atoms with E-state index in [2.05, 4.69) is 6.92 Å². The first-order chi connectivity index (χ1) is 14.1. The second kappa shape index (κ2) is 7.76. The van der Waals surface area contributed by atoms with Crippen molar-refractivity contribution in [2.45, 2.75) is 19.4 Å². The van der Waals surface area contributed by atoms with Gasteiger partial charge in [0.1, 0.15) is 5.76 Å². The highest BCUT2D eigenvalue weighted by Gasteiger charge is 2.46. The number of amides is 1. The monoisotopic (exact) mass is 383 g/mol. The lowest BCUT2D eigenvalue weighted by atomic mass is 9.95. The first-order valence-corrected chi connectivity index (χ1v) is 9.62. The summed E-state index contributed by atoms with van der Waals surface area (Å²) in [6, 6.07) is 25.1. The lowest BCUT2D eigenvalue weighted by molar-refractivity contribution is -0.132. The zero-order chi connectivity index (χ0) is 20.4. The van der Waals surface area contributed by atoms with Gasteiger partial charge in [0, 0.05) is 11.3 Å². The van der Waals surface area contributed by atoms with Crippen LogP contribution < -0.4 is 4.90 Å². The Balaban J connectivity index is 1.91. The van der Waals surface area contributed by atoms with Crippen molar-refractivity contribution in [2.75, 3.05) is 4.90 Å². The summed E-state index contributed by atoms with van der Waals surface area (Å²) in [4.78, 5) is 27.5. The molecule has 1 aliphatic heterocycles. The largest absolute Gasteiger partial charge is 0.507 e. The van der Waals surface area contributed by atoms with Gasteiger partial charge in [0.25, 0.3) is 11.7 Å². The highest BCUT2D eigenvalue weighted by Crippen LogP contribution is 2.42. The smallest absolute Gasteiger partial charge is 0.300 e. The molecule has 4 heteroatoms. The SMILES string of the molecule is CCc1ccc(N2C(=O)C(=O)/C(=C(/O)c3ccccc3)C2c2ccccc2)cc1. The normalized spacial score (nSPS) is 18.2. The van der Waals surface area contributed by atoms with Gasteiger partial charge in [-0.2, -0.15) is 0 Å². The van der Waals surface area contributed by atoms with Gasteiger partial charge in [-0.05, 0) is 29.7 Å². The molecule has 1 aliphatic rings. The zero-order valence-corrected chi connectivity index (χ0v) is 16.1. The predicted molar refractivity (Wildman–Crippen MR) is 113 cm³/mol. The van der Waals surface area contributed by atoms with Crippen molar-refractivity contribution in [3.63, 3.8) is 0 Å². The number of rotatable bonds is 4. The number of hydrogen-bond donors (Lipinski definition) is 1. The van der Waals surface area contributed by atoms with Crippen LogP contribution in [0.3, 0.4) is 0 Å². The average molecular weight is 383 g/mol. The first kappa shape index (κ1) is 18.7. The Labute approximate surface area is 169 Å². The van der Waals surface area contributed by atoms with E-state index in [4.69, 9.17) is 0 Å². The van der Waals surface area contributed by atoms with Gasteiger partial charge in [0.05, 0.1) is 11.6 Å². The fraction of sp³-hybridized carbons (Fsp3) is 0.120. The average Bonchev–Trinajstić information content (AvgIpc) is 3.05. The van der Waals surface area contributed by atoms with E-state index >= 15 is 0 Å². The summed E-state index contributed by atoms with van der Waals surface area (Å²) >= 11 is 0. The second-order valence-corrected chi connectivity index (χ2v) is 6.97. The number of ketones is 1. The van der Waals surface area contributed by atoms with Crippen LogP contribution in [0.5, 0.6) is 0 Å². The molecule has 4 rings (SSSR count). The van der Waals surface area contributed by atoms with Crippen LogP contribution in [0.2, 0.25) is 0 Å². The molecule has 0 saturated carbocycles. The summed E-state index contributed by atoms with van der Waals surface area (Å²) < 4.78 is 0. The van der Waals surface area contributed by atoms with Crippen LogP contribution in [0.4, 0.5) is 5.69 Å². The van der Waals surface area contributed by atoms with Crippen LogP contribution in [-0.2, 0) is 16.0 Å². The molecule has 0 aliphatic carbocycles. The van der Waals surface area contributed by atoms with Crippen molar-refractivity contribution in [1.29, 1.82) is 0 Å². The Morgan fingerprint density at radius 1 is 0.862 bits per heavy atom. The van der Waals surface area contributed by atoms with Gasteiger partial charge in [0.2, 0.25) is 0 Å². The van der Waals surface area contributed by atoms with Crippen molar-refractivity contribution in [1.82, 2.24) is 0 Å². The maximum Gasteiger partial charge on any atom is 0.300 e. The number of nitrogens with zero attached hydrogens (tertiary/aromatic N) is 1. The first-order valence-electron chi connectivity index (χ1n) is 9.62. The number of carbonyl (C=O) groups is 2. The van der Waals surface area contributed by atoms with Gasteiger partial charge in [-0.15, -0.1) is 0 Å². The maximum absolute atomic E-state index is 13.0. The molecule has 3 aromatic rings. The summed E-state index contributed by atoms with van der Waals surface area (Å²) in [5.74, 6) is -1.48. The Hall–Kier alpha value is -3.66. The van der Waals surface area contributed by atoms with Gasteiger partial charge < -0.3 is 5.11 Å². The van der Waals surface area contributed by atoms with Crippen molar-refractivity contribution in [3.8, 4) is 0 Å². The minimum Gasteiger partial charge on any atom is -0.507 e. The fourth-order valence-electron chi connectivity index (χ4n) is 3.69. The van der Waals surface area contributed by atoms with Crippen LogP contribution >= 0.6 is 0 Å². The quantitative estimate of drug-likeness (QED) is 0.397. The van der Waals surface area contributed by atoms with Crippen LogP contribution in [0.1, 0.15) is 29.7 Å². The number of benzene rings is 3. The van der Waals surface area contributed by atoms with Gasteiger partial charge in [0.15, 0.2) is 0 Å². The number of carbonyl (C=O) groups excluding carboxylic acids is 2. The number of aliphatic hydroxyl groups is 1. The summed E-state index contributed by atoms with van der Waals surface area (Å²) in [5.41, 5.74) is 3.15.